The maximum Gasteiger partial charge on any atom is 0.253 e. The molecule has 1 amide bonds. The van der Waals surface area contributed by atoms with Crippen molar-refractivity contribution in [2.45, 2.75) is 43.5 Å². The molecule has 0 spiro atoms. The number of hydrogen-bond acceptors (Lipinski definition) is 4. The average molecular weight is 457 g/mol. The van der Waals surface area contributed by atoms with Crippen molar-refractivity contribution < 1.29 is 17.9 Å². The van der Waals surface area contributed by atoms with Crippen molar-refractivity contribution in [3.8, 4) is 5.75 Å². The summed E-state index contributed by atoms with van der Waals surface area (Å²) in [5.74, 6) is 1.44. The molecule has 2 fully saturated rings. The molecule has 0 aromatic heterocycles. The fourth-order valence-corrected chi connectivity index (χ4v) is 6.41. The Morgan fingerprint density at radius 2 is 1.78 bits per heavy atom. The van der Waals surface area contributed by atoms with Gasteiger partial charge in [0.15, 0.2) is 0 Å². The number of carbonyl (C=O) groups excluding carboxylic acids is 1. The van der Waals surface area contributed by atoms with Crippen molar-refractivity contribution in [3.63, 3.8) is 0 Å². The number of methoxy groups -OCH3 is 1. The molecule has 6 nitrogen and oxygen atoms in total. The zero-order chi connectivity index (χ0) is 22.7. The van der Waals surface area contributed by atoms with Gasteiger partial charge in [-0.3, -0.25) is 4.79 Å². The second-order valence-corrected chi connectivity index (χ2v) is 11.0. The van der Waals surface area contributed by atoms with Gasteiger partial charge in [0.25, 0.3) is 5.91 Å². The van der Waals surface area contributed by atoms with Crippen LogP contribution >= 0.6 is 0 Å². The molecule has 2 aliphatic rings. The van der Waals surface area contributed by atoms with E-state index in [1.807, 2.05) is 35.2 Å². The van der Waals surface area contributed by atoms with E-state index in [9.17, 15) is 13.2 Å². The van der Waals surface area contributed by atoms with E-state index in [1.165, 1.54) is 43.2 Å². The molecular weight excluding hydrogens is 424 g/mol. The molecule has 1 heterocycles. The summed E-state index contributed by atoms with van der Waals surface area (Å²) in [4.78, 5) is 15.2. The van der Waals surface area contributed by atoms with Gasteiger partial charge < -0.3 is 9.64 Å². The first kappa shape index (κ1) is 22.8. The number of sulfonamides is 1. The highest BCUT2D eigenvalue weighted by atomic mass is 32.2. The van der Waals surface area contributed by atoms with Crippen LogP contribution in [-0.4, -0.2) is 50.8 Å². The predicted molar refractivity (Wildman–Crippen MR) is 124 cm³/mol. The highest BCUT2D eigenvalue weighted by Crippen LogP contribution is 2.37. The summed E-state index contributed by atoms with van der Waals surface area (Å²) in [7, 11) is -0.857. The van der Waals surface area contributed by atoms with E-state index in [0.29, 0.717) is 11.5 Å². The lowest BCUT2D eigenvalue weighted by Gasteiger charge is -2.41. The number of fused-ring (bicyclic) bond motifs is 1. The number of amides is 1. The van der Waals surface area contributed by atoms with Crippen LogP contribution in [0.2, 0.25) is 0 Å². The van der Waals surface area contributed by atoms with Crippen LogP contribution in [0.4, 0.5) is 0 Å². The van der Waals surface area contributed by atoms with E-state index in [1.54, 1.807) is 19.2 Å². The quantitative estimate of drug-likeness (QED) is 0.654. The monoisotopic (exact) mass is 456 g/mol. The second-order valence-electron chi connectivity index (χ2n) is 8.96. The summed E-state index contributed by atoms with van der Waals surface area (Å²) in [6.45, 7) is 1.74. The summed E-state index contributed by atoms with van der Waals surface area (Å²) in [5, 5.41) is 0. The third kappa shape index (κ3) is 4.69. The molecular formula is C25H32N2O4S. The van der Waals surface area contributed by atoms with Gasteiger partial charge in [-0.25, -0.2) is 8.42 Å². The number of ether oxygens (including phenoxy) is 1. The van der Waals surface area contributed by atoms with Gasteiger partial charge >= 0.3 is 0 Å². The Bertz CT molecular complexity index is 1050. The summed E-state index contributed by atoms with van der Waals surface area (Å²) >= 11 is 0. The van der Waals surface area contributed by atoms with Gasteiger partial charge in [-0.15, -0.1) is 0 Å². The van der Waals surface area contributed by atoms with Crippen LogP contribution in [0.5, 0.6) is 5.75 Å². The van der Waals surface area contributed by atoms with Crippen LogP contribution < -0.4 is 4.74 Å². The summed E-state index contributed by atoms with van der Waals surface area (Å²) in [6, 6.07) is 14.2. The third-order valence-corrected chi connectivity index (χ3v) is 8.75. The molecule has 172 valence electrons. The molecule has 0 radical (unpaired) electrons. The molecule has 1 aliphatic heterocycles. The van der Waals surface area contributed by atoms with Crippen LogP contribution in [-0.2, 0) is 16.6 Å². The highest BCUT2D eigenvalue weighted by Gasteiger charge is 2.34. The van der Waals surface area contributed by atoms with Gasteiger partial charge in [-0.2, -0.15) is 4.31 Å². The Hall–Kier alpha value is -2.38. The number of likely N-dealkylation sites (tertiary alicyclic amines) is 1. The molecule has 1 saturated carbocycles. The first-order chi connectivity index (χ1) is 15.4. The fraction of sp³-hybridized carbons (Fsp3) is 0.480. The smallest absolute Gasteiger partial charge is 0.253 e. The predicted octanol–water partition coefficient (Wildman–Crippen LogP) is 4.17. The molecule has 2 atom stereocenters. The fourth-order valence-electron chi connectivity index (χ4n) is 5.07. The van der Waals surface area contributed by atoms with Crippen LogP contribution in [0, 0.1) is 11.8 Å². The molecule has 0 bridgehead atoms. The standard InChI is InChI=1S/C25H32N2O4S/c1-26(17-19-8-4-3-5-9-19)32(29,30)24-16-21(12-13-23(24)31-2)25(28)27-15-14-20-10-6-7-11-22(20)18-27/h3-5,8-9,12-13,16,20,22H,6-7,10-11,14-15,17-18H2,1-2H3/t20-,22-/m1/s1. The topological polar surface area (TPSA) is 66.9 Å². The molecule has 0 N–H and O–H groups in total. The zero-order valence-electron chi connectivity index (χ0n) is 18.9. The summed E-state index contributed by atoms with van der Waals surface area (Å²) in [5.41, 5.74) is 1.28. The first-order valence-electron chi connectivity index (χ1n) is 11.4. The van der Waals surface area contributed by atoms with Crippen molar-refractivity contribution >= 4 is 15.9 Å². The van der Waals surface area contributed by atoms with Gasteiger partial charge in [0.2, 0.25) is 10.0 Å². The largest absolute Gasteiger partial charge is 0.495 e. The Labute approximate surface area is 191 Å². The minimum atomic E-state index is -3.85. The van der Waals surface area contributed by atoms with Gasteiger partial charge in [0, 0.05) is 32.2 Å². The molecule has 1 saturated heterocycles. The van der Waals surface area contributed by atoms with E-state index in [4.69, 9.17) is 4.74 Å². The van der Waals surface area contributed by atoms with Crippen LogP contribution in [0.3, 0.4) is 0 Å². The van der Waals surface area contributed by atoms with E-state index in [0.717, 1.165) is 31.0 Å². The molecule has 4 rings (SSSR count). The van der Waals surface area contributed by atoms with Crippen LogP contribution in [0.15, 0.2) is 53.4 Å². The number of carbonyl (C=O) groups is 1. The minimum Gasteiger partial charge on any atom is -0.495 e. The van der Waals surface area contributed by atoms with Gasteiger partial charge in [-0.1, -0.05) is 49.6 Å². The maximum atomic E-state index is 13.4. The van der Waals surface area contributed by atoms with Gasteiger partial charge in [0.05, 0.1) is 7.11 Å². The van der Waals surface area contributed by atoms with Crippen LogP contribution in [0.1, 0.15) is 48.0 Å². The number of nitrogens with zero attached hydrogens (tertiary/aromatic N) is 2. The molecule has 1 aliphatic carbocycles. The average Bonchev–Trinajstić information content (AvgIpc) is 2.83. The Morgan fingerprint density at radius 1 is 1.06 bits per heavy atom. The number of rotatable bonds is 6. The molecule has 2 aromatic rings. The SMILES string of the molecule is COc1ccc(C(=O)N2CC[C@H]3CCCC[C@@H]3C2)cc1S(=O)(=O)N(C)Cc1ccccc1. The summed E-state index contributed by atoms with van der Waals surface area (Å²) < 4.78 is 33.4. The number of benzene rings is 2. The van der Waals surface area contributed by atoms with E-state index in [-0.39, 0.29) is 23.1 Å². The Balaban J connectivity index is 1.57. The lowest BCUT2D eigenvalue weighted by atomic mass is 9.75. The molecule has 32 heavy (non-hydrogen) atoms. The molecule has 2 aromatic carbocycles. The van der Waals surface area contributed by atoms with Gasteiger partial charge in [-0.05, 0) is 48.4 Å². The minimum absolute atomic E-state index is 0.0248. The lowest BCUT2D eigenvalue weighted by molar-refractivity contribution is 0.0520. The number of piperidine rings is 1. The second kappa shape index (κ2) is 9.63. The van der Waals surface area contributed by atoms with Gasteiger partial charge in [0.1, 0.15) is 10.6 Å². The van der Waals surface area contributed by atoms with Crippen molar-refractivity contribution in [3.05, 3.63) is 59.7 Å². The van der Waals surface area contributed by atoms with Crippen molar-refractivity contribution in [1.29, 1.82) is 0 Å². The van der Waals surface area contributed by atoms with Crippen molar-refractivity contribution in [2.75, 3.05) is 27.2 Å². The van der Waals surface area contributed by atoms with Crippen molar-refractivity contribution in [1.82, 2.24) is 9.21 Å². The van der Waals surface area contributed by atoms with Crippen molar-refractivity contribution in [2.24, 2.45) is 11.8 Å². The maximum absolute atomic E-state index is 13.4. The Morgan fingerprint density at radius 3 is 2.50 bits per heavy atom. The summed E-state index contributed by atoms with van der Waals surface area (Å²) in [6.07, 6.45) is 6.02. The lowest BCUT2D eigenvalue weighted by Crippen LogP contribution is -2.44. The van der Waals surface area contributed by atoms with E-state index >= 15 is 0 Å². The molecule has 7 heteroatoms. The van der Waals surface area contributed by atoms with E-state index in [2.05, 4.69) is 0 Å². The Kier molecular flexibility index (Phi) is 6.86. The van der Waals surface area contributed by atoms with Crippen LogP contribution in [0.25, 0.3) is 0 Å². The highest BCUT2D eigenvalue weighted by molar-refractivity contribution is 7.89. The zero-order valence-corrected chi connectivity index (χ0v) is 19.7. The third-order valence-electron chi connectivity index (χ3n) is 6.93. The molecule has 0 unspecified atom stereocenters. The normalized spacial score (nSPS) is 21.3. The first-order valence-corrected chi connectivity index (χ1v) is 12.8. The van der Waals surface area contributed by atoms with E-state index < -0.39 is 10.0 Å². The number of hydrogen-bond donors (Lipinski definition) is 0.